The summed E-state index contributed by atoms with van der Waals surface area (Å²) >= 11 is 0. The molecule has 1 atom stereocenters. The van der Waals surface area contributed by atoms with Crippen LogP contribution in [0.3, 0.4) is 0 Å². The van der Waals surface area contributed by atoms with E-state index >= 15 is 0 Å². The summed E-state index contributed by atoms with van der Waals surface area (Å²) in [6, 6.07) is 7.86. The number of aromatic nitrogens is 1. The molecule has 5 nitrogen and oxygen atoms in total. The highest BCUT2D eigenvalue weighted by atomic mass is 16.5. The van der Waals surface area contributed by atoms with Crippen LogP contribution in [0.25, 0.3) is 0 Å². The van der Waals surface area contributed by atoms with Crippen LogP contribution in [-0.4, -0.2) is 30.0 Å². The molecule has 2 aromatic rings. The summed E-state index contributed by atoms with van der Waals surface area (Å²) in [7, 11) is 1.64. The van der Waals surface area contributed by atoms with Crippen molar-refractivity contribution in [3.63, 3.8) is 0 Å². The third-order valence-corrected chi connectivity index (χ3v) is 6.11. The number of hydrogen-bond donors (Lipinski definition) is 1. The van der Waals surface area contributed by atoms with Gasteiger partial charge in [-0.05, 0) is 68.2 Å². The number of rotatable bonds is 4. The lowest BCUT2D eigenvalue weighted by Crippen LogP contribution is -2.21. The van der Waals surface area contributed by atoms with Crippen molar-refractivity contribution in [2.24, 2.45) is 0 Å². The van der Waals surface area contributed by atoms with E-state index in [9.17, 15) is 9.59 Å². The molecule has 5 heteroatoms. The molecule has 28 heavy (non-hydrogen) atoms. The Bertz CT molecular complexity index is 875. The predicted molar refractivity (Wildman–Crippen MR) is 106 cm³/mol. The van der Waals surface area contributed by atoms with Gasteiger partial charge in [-0.2, -0.15) is 0 Å². The van der Waals surface area contributed by atoms with Crippen molar-refractivity contribution in [3.05, 3.63) is 52.3 Å². The number of H-pyrrole nitrogens is 1. The van der Waals surface area contributed by atoms with Gasteiger partial charge >= 0.3 is 5.97 Å². The number of hydrogen-bond acceptors (Lipinski definition) is 4. The SMILES string of the molecule is COc1ccc([C@@H]2CC(=O)c3c([nH]c(C(=O)OC4CCCCC4)c3C)C2)cc1. The topological polar surface area (TPSA) is 68.4 Å². The van der Waals surface area contributed by atoms with Crippen LogP contribution in [0.4, 0.5) is 0 Å². The van der Waals surface area contributed by atoms with E-state index in [2.05, 4.69) is 4.98 Å². The van der Waals surface area contributed by atoms with Gasteiger partial charge in [0.05, 0.1) is 7.11 Å². The van der Waals surface area contributed by atoms with Crippen molar-refractivity contribution in [2.45, 2.75) is 63.9 Å². The molecule has 0 unspecified atom stereocenters. The maximum Gasteiger partial charge on any atom is 0.355 e. The summed E-state index contributed by atoms with van der Waals surface area (Å²) in [4.78, 5) is 28.8. The lowest BCUT2D eigenvalue weighted by atomic mass is 9.81. The number of nitrogens with one attached hydrogen (secondary N) is 1. The molecule has 4 rings (SSSR count). The van der Waals surface area contributed by atoms with E-state index < -0.39 is 0 Å². The molecule has 1 aromatic carbocycles. The van der Waals surface area contributed by atoms with Crippen LogP contribution in [0.15, 0.2) is 24.3 Å². The molecule has 1 aromatic heterocycles. The van der Waals surface area contributed by atoms with Crippen molar-refractivity contribution in [3.8, 4) is 5.75 Å². The molecule has 0 spiro atoms. The number of carbonyl (C=O) groups is 2. The Morgan fingerprint density at radius 1 is 1.07 bits per heavy atom. The zero-order valence-electron chi connectivity index (χ0n) is 16.5. The second kappa shape index (κ2) is 7.82. The summed E-state index contributed by atoms with van der Waals surface area (Å²) in [6.07, 6.45) is 6.47. The second-order valence-electron chi connectivity index (χ2n) is 7.95. The maximum atomic E-state index is 12.8. The zero-order chi connectivity index (χ0) is 19.7. The lowest BCUT2D eigenvalue weighted by Gasteiger charge is -2.22. The summed E-state index contributed by atoms with van der Waals surface area (Å²) < 4.78 is 10.9. The van der Waals surface area contributed by atoms with Crippen LogP contribution < -0.4 is 4.74 Å². The summed E-state index contributed by atoms with van der Waals surface area (Å²) in [5.41, 5.74) is 3.82. The quantitative estimate of drug-likeness (QED) is 0.777. The van der Waals surface area contributed by atoms with Gasteiger partial charge in [-0.25, -0.2) is 4.79 Å². The fourth-order valence-electron chi connectivity index (χ4n) is 4.54. The molecule has 1 N–H and O–H groups in total. The predicted octanol–water partition coefficient (Wildman–Crippen LogP) is 4.73. The average Bonchev–Trinajstić information content (AvgIpc) is 3.06. The van der Waals surface area contributed by atoms with Gasteiger partial charge in [0.1, 0.15) is 17.5 Å². The van der Waals surface area contributed by atoms with E-state index in [0.29, 0.717) is 24.1 Å². The van der Waals surface area contributed by atoms with Crippen LogP contribution in [0.1, 0.15) is 82.1 Å². The third-order valence-electron chi connectivity index (χ3n) is 6.11. The largest absolute Gasteiger partial charge is 0.497 e. The van der Waals surface area contributed by atoms with Gasteiger partial charge in [-0.1, -0.05) is 18.6 Å². The number of ketones is 1. The van der Waals surface area contributed by atoms with E-state index in [1.807, 2.05) is 31.2 Å². The minimum Gasteiger partial charge on any atom is -0.497 e. The summed E-state index contributed by atoms with van der Waals surface area (Å²) in [6.45, 7) is 1.85. The van der Waals surface area contributed by atoms with Gasteiger partial charge in [0.2, 0.25) is 0 Å². The first-order chi connectivity index (χ1) is 13.6. The van der Waals surface area contributed by atoms with Crippen LogP contribution in [0.2, 0.25) is 0 Å². The molecule has 0 bridgehead atoms. The summed E-state index contributed by atoms with van der Waals surface area (Å²) in [5.74, 6) is 0.668. The van der Waals surface area contributed by atoms with E-state index in [0.717, 1.165) is 48.3 Å². The first kappa shape index (κ1) is 18.8. The second-order valence-corrected chi connectivity index (χ2v) is 7.95. The minimum absolute atomic E-state index is 0.00345. The Balaban J connectivity index is 1.54. The lowest BCUT2D eigenvalue weighted by molar-refractivity contribution is 0.0204. The fourth-order valence-corrected chi connectivity index (χ4v) is 4.54. The van der Waals surface area contributed by atoms with E-state index in [-0.39, 0.29) is 23.8 Å². The van der Waals surface area contributed by atoms with Gasteiger partial charge in [0.15, 0.2) is 5.78 Å². The van der Waals surface area contributed by atoms with Gasteiger partial charge in [0.25, 0.3) is 0 Å². The van der Waals surface area contributed by atoms with Crippen molar-refractivity contribution in [1.29, 1.82) is 0 Å². The van der Waals surface area contributed by atoms with Gasteiger partial charge in [-0.3, -0.25) is 4.79 Å². The Morgan fingerprint density at radius 2 is 1.79 bits per heavy atom. The van der Waals surface area contributed by atoms with Crippen LogP contribution >= 0.6 is 0 Å². The normalized spacial score (nSPS) is 19.9. The third kappa shape index (κ3) is 3.58. The number of benzene rings is 1. The number of fused-ring (bicyclic) bond motifs is 1. The Hall–Kier alpha value is -2.56. The molecular weight excluding hydrogens is 354 g/mol. The number of esters is 1. The molecule has 0 amide bonds. The smallest absolute Gasteiger partial charge is 0.355 e. The van der Waals surface area contributed by atoms with Gasteiger partial charge in [0, 0.05) is 17.7 Å². The maximum absolute atomic E-state index is 12.8. The minimum atomic E-state index is -0.326. The van der Waals surface area contributed by atoms with E-state index in [1.54, 1.807) is 7.11 Å². The van der Waals surface area contributed by atoms with E-state index in [4.69, 9.17) is 9.47 Å². The van der Waals surface area contributed by atoms with Crippen molar-refractivity contribution >= 4 is 11.8 Å². The van der Waals surface area contributed by atoms with Gasteiger partial charge in [-0.15, -0.1) is 0 Å². The molecule has 0 aliphatic heterocycles. The monoisotopic (exact) mass is 381 g/mol. The highest BCUT2D eigenvalue weighted by Crippen LogP contribution is 2.36. The molecule has 0 radical (unpaired) electrons. The van der Waals surface area contributed by atoms with Gasteiger partial charge < -0.3 is 14.5 Å². The number of methoxy groups -OCH3 is 1. The standard InChI is InChI=1S/C23H27NO4/c1-14-21-19(24-22(14)23(26)28-18-6-4-3-5-7-18)12-16(13-20(21)25)15-8-10-17(27-2)11-9-15/h8-11,16,18,24H,3-7,12-13H2,1-2H3/t16-/m0/s1. The summed E-state index contributed by atoms with van der Waals surface area (Å²) in [5, 5.41) is 0. The van der Waals surface area contributed by atoms with Crippen LogP contribution in [0.5, 0.6) is 5.75 Å². The molecule has 1 saturated carbocycles. The van der Waals surface area contributed by atoms with Crippen LogP contribution in [-0.2, 0) is 11.2 Å². The number of ether oxygens (including phenoxy) is 2. The van der Waals surface area contributed by atoms with Crippen molar-refractivity contribution < 1.29 is 19.1 Å². The number of carbonyl (C=O) groups excluding carboxylic acids is 2. The average molecular weight is 381 g/mol. The zero-order valence-corrected chi connectivity index (χ0v) is 16.5. The Labute approximate surface area is 165 Å². The molecule has 1 heterocycles. The molecule has 148 valence electrons. The highest BCUT2D eigenvalue weighted by molar-refractivity contribution is 6.03. The fraction of sp³-hybridized carbons (Fsp3) is 0.478. The first-order valence-corrected chi connectivity index (χ1v) is 10.2. The number of Topliss-reactive ketones (excluding diaryl/α,β-unsaturated/α-hetero) is 1. The molecule has 0 saturated heterocycles. The van der Waals surface area contributed by atoms with Crippen molar-refractivity contribution in [1.82, 2.24) is 4.98 Å². The van der Waals surface area contributed by atoms with Crippen molar-refractivity contribution in [2.75, 3.05) is 7.11 Å². The molecule has 2 aliphatic carbocycles. The highest BCUT2D eigenvalue weighted by Gasteiger charge is 2.33. The molecule has 2 aliphatic rings. The molecule has 1 fully saturated rings. The van der Waals surface area contributed by atoms with Crippen LogP contribution in [0, 0.1) is 6.92 Å². The Morgan fingerprint density at radius 3 is 2.46 bits per heavy atom. The Kier molecular flexibility index (Phi) is 5.25. The van der Waals surface area contributed by atoms with E-state index in [1.165, 1.54) is 6.42 Å². The first-order valence-electron chi connectivity index (χ1n) is 10.2. The number of aromatic amines is 1. The molecular formula is C23H27NO4.